The Morgan fingerprint density at radius 3 is 2.90 bits per heavy atom. The average Bonchev–Trinajstić information content (AvgIpc) is 2.77. The molecule has 1 aromatic carbocycles. The van der Waals surface area contributed by atoms with Crippen molar-refractivity contribution in [3.63, 3.8) is 0 Å². The highest BCUT2D eigenvalue weighted by Gasteiger charge is 2.10. The molecule has 5 nitrogen and oxygen atoms in total. The third kappa shape index (κ3) is 3.68. The Bertz CT molecular complexity index is 609. The van der Waals surface area contributed by atoms with E-state index in [4.69, 9.17) is 0 Å². The van der Waals surface area contributed by atoms with E-state index in [0.29, 0.717) is 18.8 Å². The van der Waals surface area contributed by atoms with Gasteiger partial charge in [0.05, 0.1) is 11.4 Å². The lowest BCUT2D eigenvalue weighted by atomic mass is 10.3. The van der Waals surface area contributed by atoms with Crippen molar-refractivity contribution in [3.8, 4) is 5.69 Å². The second kappa shape index (κ2) is 6.67. The van der Waals surface area contributed by atoms with Gasteiger partial charge in [0.2, 0.25) is 5.91 Å². The molecule has 0 aliphatic heterocycles. The summed E-state index contributed by atoms with van der Waals surface area (Å²) in [7, 11) is 1.82. The molecule has 1 amide bonds. The summed E-state index contributed by atoms with van der Waals surface area (Å²) in [4.78, 5) is 11.8. The molecule has 0 radical (unpaired) electrons. The summed E-state index contributed by atoms with van der Waals surface area (Å²) in [5.74, 6) is 0.650. The lowest BCUT2D eigenvalue weighted by Crippen LogP contribution is -2.20. The van der Waals surface area contributed by atoms with Crippen LogP contribution in [-0.4, -0.2) is 29.3 Å². The second-order valence-corrected chi connectivity index (χ2v) is 5.38. The summed E-state index contributed by atoms with van der Waals surface area (Å²) < 4.78 is 2.70. The molecule has 0 unspecified atom stereocenters. The fraction of sp³-hybridized carbons (Fsp3) is 0.286. The van der Waals surface area contributed by atoms with Gasteiger partial charge in [-0.1, -0.05) is 22.0 Å². The van der Waals surface area contributed by atoms with Crippen molar-refractivity contribution in [2.75, 3.05) is 18.9 Å². The van der Waals surface area contributed by atoms with Crippen LogP contribution in [0.3, 0.4) is 0 Å². The molecular formula is C14H17BrN4O. The topological polar surface area (TPSA) is 59.0 Å². The van der Waals surface area contributed by atoms with Gasteiger partial charge in [-0.2, -0.15) is 5.10 Å². The quantitative estimate of drug-likeness (QED) is 0.881. The number of anilines is 1. The van der Waals surface area contributed by atoms with Crippen LogP contribution in [0.4, 0.5) is 5.82 Å². The molecule has 0 spiro atoms. The molecule has 2 rings (SSSR count). The molecule has 1 aromatic heterocycles. The Kier molecular flexibility index (Phi) is 4.92. The maximum Gasteiger partial charge on any atom is 0.226 e. The van der Waals surface area contributed by atoms with Gasteiger partial charge in [-0.25, -0.2) is 4.68 Å². The van der Waals surface area contributed by atoms with Gasteiger partial charge < -0.3 is 10.6 Å². The van der Waals surface area contributed by atoms with Gasteiger partial charge in [0.15, 0.2) is 0 Å². The van der Waals surface area contributed by atoms with Crippen LogP contribution in [0.25, 0.3) is 5.69 Å². The maximum atomic E-state index is 11.8. The molecule has 0 aliphatic carbocycles. The monoisotopic (exact) mass is 336 g/mol. The molecule has 0 bridgehead atoms. The summed E-state index contributed by atoms with van der Waals surface area (Å²) in [6.07, 6.45) is 0.430. The molecule has 1 heterocycles. The molecule has 0 saturated heterocycles. The lowest BCUT2D eigenvalue weighted by molar-refractivity contribution is -0.116. The SMILES string of the molecule is CNCCC(=O)Nc1cc(C)nn1-c1cccc(Br)c1. The van der Waals surface area contributed by atoms with Gasteiger partial charge in [-0.15, -0.1) is 0 Å². The lowest BCUT2D eigenvalue weighted by Gasteiger charge is -2.09. The smallest absolute Gasteiger partial charge is 0.226 e. The van der Waals surface area contributed by atoms with Gasteiger partial charge in [0.1, 0.15) is 5.82 Å². The predicted octanol–water partition coefficient (Wildman–Crippen LogP) is 2.49. The van der Waals surface area contributed by atoms with Crippen molar-refractivity contribution in [3.05, 3.63) is 40.5 Å². The van der Waals surface area contributed by atoms with Crippen LogP contribution >= 0.6 is 15.9 Å². The molecule has 106 valence electrons. The minimum absolute atomic E-state index is 0.0319. The van der Waals surface area contributed by atoms with Crippen molar-refractivity contribution >= 4 is 27.7 Å². The number of aryl methyl sites for hydroxylation is 1. The standard InChI is InChI=1S/C14H17BrN4O/c1-10-8-13(17-14(20)6-7-16-2)19(18-10)12-5-3-4-11(15)9-12/h3-5,8-9,16H,6-7H2,1-2H3,(H,17,20). The zero-order valence-corrected chi connectivity index (χ0v) is 13.1. The molecule has 20 heavy (non-hydrogen) atoms. The zero-order chi connectivity index (χ0) is 14.5. The van der Waals surface area contributed by atoms with E-state index in [9.17, 15) is 4.79 Å². The predicted molar refractivity (Wildman–Crippen MR) is 83.2 cm³/mol. The number of hydrogen-bond acceptors (Lipinski definition) is 3. The first-order valence-corrected chi connectivity index (χ1v) is 7.16. The first kappa shape index (κ1) is 14.7. The highest BCUT2D eigenvalue weighted by Crippen LogP contribution is 2.20. The van der Waals surface area contributed by atoms with E-state index in [1.165, 1.54) is 0 Å². The number of halogens is 1. The Morgan fingerprint density at radius 2 is 2.20 bits per heavy atom. The molecule has 0 atom stereocenters. The second-order valence-electron chi connectivity index (χ2n) is 4.46. The van der Waals surface area contributed by atoms with Crippen LogP contribution in [-0.2, 0) is 4.79 Å². The summed E-state index contributed by atoms with van der Waals surface area (Å²) >= 11 is 3.44. The van der Waals surface area contributed by atoms with Gasteiger partial charge in [-0.3, -0.25) is 4.79 Å². The molecular weight excluding hydrogens is 320 g/mol. The Morgan fingerprint density at radius 1 is 1.40 bits per heavy atom. The summed E-state index contributed by atoms with van der Waals surface area (Å²) in [5.41, 5.74) is 1.75. The van der Waals surface area contributed by atoms with Gasteiger partial charge in [0.25, 0.3) is 0 Å². The average molecular weight is 337 g/mol. The Labute approximate surface area is 126 Å². The van der Waals surface area contributed by atoms with Gasteiger partial charge in [0, 0.05) is 23.5 Å². The van der Waals surface area contributed by atoms with Crippen molar-refractivity contribution in [1.82, 2.24) is 15.1 Å². The number of nitrogens with one attached hydrogen (secondary N) is 2. The van der Waals surface area contributed by atoms with Crippen LogP contribution in [0.5, 0.6) is 0 Å². The minimum atomic E-state index is -0.0319. The fourth-order valence-corrected chi connectivity index (χ4v) is 2.22. The molecule has 0 fully saturated rings. The summed E-state index contributed by atoms with van der Waals surface area (Å²) in [6.45, 7) is 2.55. The van der Waals surface area contributed by atoms with E-state index in [1.54, 1.807) is 4.68 Å². The third-order valence-electron chi connectivity index (χ3n) is 2.75. The Balaban J connectivity index is 2.24. The van der Waals surface area contributed by atoms with Crippen LogP contribution in [0, 0.1) is 6.92 Å². The van der Waals surface area contributed by atoms with E-state index in [2.05, 4.69) is 31.7 Å². The van der Waals surface area contributed by atoms with E-state index >= 15 is 0 Å². The molecule has 2 aromatic rings. The van der Waals surface area contributed by atoms with Crippen molar-refractivity contribution in [2.24, 2.45) is 0 Å². The Hall–Kier alpha value is -1.66. The summed E-state index contributed by atoms with van der Waals surface area (Å²) in [5, 5.41) is 10.3. The zero-order valence-electron chi connectivity index (χ0n) is 11.5. The highest BCUT2D eigenvalue weighted by molar-refractivity contribution is 9.10. The minimum Gasteiger partial charge on any atom is -0.319 e. The van der Waals surface area contributed by atoms with E-state index in [0.717, 1.165) is 15.9 Å². The fourth-order valence-electron chi connectivity index (χ4n) is 1.84. The number of carbonyl (C=O) groups is 1. The third-order valence-corrected chi connectivity index (χ3v) is 3.25. The number of hydrogen-bond donors (Lipinski definition) is 2. The normalized spacial score (nSPS) is 10.6. The van der Waals surface area contributed by atoms with Crippen LogP contribution < -0.4 is 10.6 Å². The number of amides is 1. The molecule has 6 heteroatoms. The summed E-state index contributed by atoms with van der Waals surface area (Å²) in [6, 6.07) is 9.64. The molecule has 0 aliphatic rings. The van der Waals surface area contributed by atoms with Gasteiger partial charge >= 0.3 is 0 Å². The molecule has 0 saturated carbocycles. The van der Waals surface area contributed by atoms with E-state index in [1.807, 2.05) is 44.3 Å². The number of benzene rings is 1. The number of rotatable bonds is 5. The van der Waals surface area contributed by atoms with Crippen molar-refractivity contribution in [1.29, 1.82) is 0 Å². The van der Waals surface area contributed by atoms with E-state index < -0.39 is 0 Å². The van der Waals surface area contributed by atoms with Crippen molar-refractivity contribution in [2.45, 2.75) is 13.3 Å². The highest BCUT2D eigenvalue weighted by atomic mass is 79.9. The first-order chi connectivity index (χ1) is 9.60. The first-order valence-electron chi connectivity index (χ1n) is 6.37. The molecule has 2 N–H and O–H groups in total. The van der Waals surface area contributed by atoms with E-state index in [-0.39, 0.29) is 5.91 Å². The number of nitrogens with zero attached hydrogens (tertiary/aromatic N) is 2. The number of carbonyl (C=O) groups excluding carboxylic acids is 1. The maximum absolute atomic E-state index is 11.8. The van der Waals surface area contributed by atoms with Crippen molar-refractivity contribution < 1.29 is 4.79 Å². The van der Waals surface area contributed by atoms with Crippen LogP contribution in [0.1, 0.15) is 12.1 Å². The van der Waals surface area contributed by atoms with Crippen LogP contribution in [0.2, 0.25) is 0 Å². The van der Waals surface area contributed by atoms with Crippen LogP contribution in [0.15, 0.2) is 34.8 Å². The number of aromatic nitrogens is 2. The largest absolute Gasteiger partial charge is 0.319 e. The van der Waals surface area contributed by atoms with Gasteiger partial charge in [-0.05, 0) is 32.2 Å².